The van der Waals surface area contributed by atoms with Crippen LogP contribution in [0.15, 0.2) is 104 Å². The summed E-state index contributed by atoms with van der Waals surface area (Å²) in [7, 11) is 0. The van der Waals surface area contributed by atoms with E-state index in [1.165, 1.54) is 22.0 Å². The SMILES string of the molecule is C=CCN1CC(=O)N2C(Cc3ccc(O)cc3)C(=O)N(Cc3cccc(C(=O)Nc4cc[nH]n4)c3)C[C@@H]2N1C(=O)NCc1ccccc1. The van der Waals surface area contributed by atoms with E-state index in [0.29, 0.717) is 16.9 Å². The van der Waals surface area contributed by atoms with E-state index in [4.69, 9.17) is 0 Å². The number of amides is 5. The van der Waals surface area contributed by atoms with Gasteiger partial charge in [-0.05, 0) is 41.0 Å². The predicted octanol–water partition coefficient (Wildman–Crippen LogP) is 3.10. The number of aromatic amines is 1. The molecule has 1 unspecified atom stereocenters. The van der Waals surface area contributed by atoms with Gasteiger partial charge in [-0.3, -0.25) is 19.5 Å². The number of hydrogen-bond acceptors (Lipinski definition) is 7. The number of piperazine rings is 1. The standard InChI is InChI=1S/C35H36N8O5/c1-2-17-41-23-32(45)42-29(19-24-11-13-28(44)14-12-24)34(47)40(22-31(42)43(41)35(48)36-20-25-7-4-3-5-8-25)21-26-9-6-10-27(18-26)33(46)38-30-15-16-37-39-30/h2-16,18,29,31,44H,1,17,19-23H2,(H,36,48)(H2,37,38,39,46)/t29?,31-/m0/s1. The Morgan fingerprint density at radius 1 is 0.979 bits per heavy atom. The van der Waals surface area contributed by atoms with Crippen molar-refractivity contribution in [3.8, 4) is 5.75 Å². The molecule has 3 heterocycles. The zero-order chi connectivity index (χ0) is 33.6. The van der Waals surface area contributed by atoms with Crippen LogP contribution in [0.3, 0.4) is 0 Å². The summed E-state index contributed by atoms with van der Waals surface area (Å²) in [5.41, 5.74) is 2.73. The van der Waals surface area contributed by atoms with Crippen molar-refractivity contribution >= 4 is 29.6 Å². The summed E-state index contributed by atoms with van der Waals surface area (Å²) in [6, 6.07) is 23.2. The third-order valence-corrected chi connectivity index (χ3v) is 8.33. The quantitative estimate of drug-likeness (QED) is 0.193. The van der Waals surface area contributed by atoms with Crippen LogP contribution >= 0.6 is 0 Å². The van der Waals surface area contributed by atoms with Crippen molar-refractivity contribution in [1.29, 1.82) is 0 Å². The van der Waals surface area contributed by atoms with E-state index in [-0.39, 0.29) is 62.6 Å². The number of nitrogens with one attached hydrogen (secondary N) is 3. The third-order valence-electron chi connectivity index (χ3n) is 8.33. The number of H-pyrrole nitrogens is 1. The molecule has 2 atom stereocenters. The second-order valence-corrected chi connectivity index (χ2v) is 11.6. The second-order valence-electron chi connectivity index (χ2n) is 11.6. The first-order valence-electron chi connectivity index (χ1n) is 15.6. The number of nitrogens with zero attached hydrogens (tertiary/aromatic N) is 5. The minimum absolute atomic E-state index is 0.0345. The van der Waals surface area contributed by atoms with Crippen molar-refractivity contribution in [2.75, 3.05) is 25.0 Å². The number of carbonyl (C=O) groups is 4. The second kappa shape index (κ2) is 14.2. The van der Waals surface area contributed by atoms with Crippen LogP contribution in [0, 0.1) is 0 Å². The minimum atomic E-state index is -0.928. The summed E-state index contributed by atoms with van der Waals surface area (Å²) in [5, 5.41) is 25.3. The number of rotatable bonds is 10. The lowest BCUT2D eigenvalue weighted by Gasteiger charge is -2.55. The molecule has 0 saturated carbocycles. The fraction of sp³-hybridized carbons (Fsp3) is 0.229. The number of phenols is 1. The monoisotopic (exact) mass is 648 g/mol. The van der Waals surface area contributed by atoms with E-state index in [0.717, 1.165) is 11.1 Å². The third kappa shape index (κ3) is 7.05. The topological polar surface area (TPSA) is 154 Å². The van der Waals surface area contributed by atoms with Gasteiger partial charge in [0.1, 0.15) is 18.0 Å². The van der Waals surface area contributed by atoms with E-state index >= 15 is 0 Å². The van der Waals surface area contributed by atoms with Crippen LogP contribution < -0.4 is 10.6 Å². The number of carbonyl (C=O) groups excluding carboxylic acids is 4. The van der Waals surface area contributed by atoms with Crippen LogP contribution in [-0.4, -0.2) is 90.7 Å². The van der Waals surface area contributed by atoms with Gasteiger partial charge in [0.2, 0.25) is 11.8 Å². The molecule has 2 saturated heterocycles. The Labute approximate surface area is 277 Å². The van der Waals surface area contributed by atoms with Gasteiger partial charge in [0.05, 0.1) is 13.1 Å². The summed E-state index contributed by atoms with van der Waals surface area (Å²) < 4.78 is 0. The van der Waals surface area contributed by atoms with Crippen LogP contribution in [0.4, 0.5) is 10.6 Å². The Bertz CT molecular complexity index is 1780. The Kier molecular flexibility index (Phi) is 9.48. The van der Waals surface area contributed by atoms with Gasteiger partial charge in [-0.15, -0.1) is 6.58 Å². The Morgan fingerprint density at radius 2 is 1.75 bits per heavy atom. The first-order chi connectivity index (χ1) is 23.3. The summed E-state index contributed by atoms with van der Waals surface area (Å²) in [6.07, 6.45) is 2.57. The minimum Gasteiger partial charge on any atom is -0.508 e. The fourth-order valence-electron chi connectivity index (χ4n) is 6.10. The maximum atomic E-state index is 14.3. The Balaban J connectivity index is 1.31. The van der Waals surface area contributed by atoms with Crippen molar-refractivity contribution in [3.05, 3.63) is 126 Å². The van der Waals surface area contributed by atoms with Crippen molar-refractivity contribution < 1.29 is 24.3 Å². The van der Waals surface area contributed by atoms with Gasteiger partial charge >= 0.3 is 6.03 Å². The molecule has 0 bridgehead atoms. The predicted molar refractivity (Wildman–Crippen MR) is 177 cm³/mol. The highest BCUT2D eigenvalue weighted by Crippen LogP contribution is 2.30. The van der Waals surface area contributed by atoms with Gasteiger partial charge in [-0.1, -0.05) is 60.7 Å². The summed E-state index contributed by atoms with van der Waals surface area (Å²) >= 11 is 0. The number of hydrogen-bond donors (Lipinski definition) is 4. The van der Waals surface area contributed by atoms with E-state index in [1.807, 2.05) is 36.4 Å². The number of aromatic hydroxyl groups is 1. The molecule has 4 aromatic rings. The maximum Gasteiger partial charge on any atom is 0.334 e. The van der Waals surface area contributed by atoms with Crippen LogP contribution in [0.25, 0.3) is 0 Å². The van der Waals surface area contributed by atoms with E-state index in [9.17, 15) is 24.3 Å². The summed E-state index contributed by atoms with van der Waals surface area (Å²) in [6.45, 7) is 4.38. The molecule has 3 aromatic carbocycles. The molecule has 5 amide bonds. The van der Waals surface area contributed by atoms with Crippen molar-refractivity contribution in [1.82, 2.24) is 35.3 Å². The molecule has 2 aliphatic rings. The number of phenolic OH excluding ortho intramolecular Hbond substituents is 1. The lowest BCUT2D eigenvalue weighted by atomic mass is 9.98. The Morgan fingerprint density at radius 3 is 2.48 bits per heavy atom. The Hall–Kier alpha value is -5.95. The number of benzene rings is 3. The van der Waals surface area contributed by atoms with Gasteiger partial charge < -0.3 is 25.5 Å². The smallest absolute Gasteiger partial charge is 0.334 e. The first kappa shape index (κ1) is 32.0. The molecular formula is C35H36N8O5. The number of fused-ring (bicyclic) bond motifs is 1. The van der Waals surface area contributed by atoms with Crippen molar-refractivity contribution in [2.45, 2.75) is 31.7 Å². The highest BCUT2D eigenvalue weighted by atomic mass is 16.3. The molecule has 0 aliphatic carbocycles. The molecule has 0 radical (unpaired) electrons. The average Bonchev–Trinajstić information content (AvgIpc) is 3.60. The van der Waals surface area contributed by atoms with Crippen LogP contribution in [0.2, 0.25) is 0 Å². The molecule has 6 rings (SSSR count). The van der Waals surface area contributed by atoms with Gasteiger partial charge in [0, 0.05) is 43.9 Å². The molecule has 2 fully saturated rings. The zero-order valence-corrected chi connectivity index (χ0v) is 26.2. The van der Waals surface area contributed by atoms with E-state index < -0.39 is 18.2 Å². The summed E-state index contributed by atoms with van der Waals surface area (Å²) in [5.74, 6) is -0.474. The van der Waals surface area contributed by atoms with E-state index in [1.54, 1.807) is 58.6 Å². The van der Waals surface area contributed by atoms with Gasteiger partial charge in [-0.2, -0.15) is 5.10 Å². The van der Waals surface area contributed by atoms with Crippen LogP contribution in [0.5, 0.6) is 5.75 Å². The summed E-state index contributed by atoms with van der Waals surface area (Å²) in [4.78, 5) is 58.1. The largest absolute Gasteiger partial charge is 0.508 e. The van der Waals surface area contributed by atoms with Crippen molar-refractivity contribution in [3.63, 3.8) is 0 Å². The molecule has 2 aliphatic heterocycles. The normalized spacial score (nSPS) is 18.0. The molecule has 1 aromatic heterocycles. The molecule has 13 nitrogen and oxygen atoms in total. The molecule has 48 heavy (non-hydrogen) atoms. The fourth-order valence-corrected chi connectivity index (χ4v) is 6.10. The number of aromatic nitrogens is 2. The lowest BCUT2D eigenvalue weighted by molar-refractivity contribution is -0.189. The number of urea groups is 1. The maximum absolute atomic E-state index is 14.3. The van der Waals surface area contributed by atoms with Gasteiger partial charge in [0.25, 0.3) is 5.91 Å². The van der Waals surface area contributed by atoms with Gasteiger partial charge in [-0.25, -0.2) is 14.8 Å². The lowest BCUT2D eigenvalue weighted by Crippen LogP contribution is -2.76. The molecule has 246 valence electrons. The van der Waals surface area contributed by atoms with E-state index in [2.05, 4.69) is 27.4 Å². The van der Waals surface area contributed by atoms with Crippen molar-refractivity contribution in [2.24, 2.45) is 0 Å². The van der Waals surface area contributed by atoms with Crippen LogP contribution in [-0.2, 0) is 29.1 Å². The average molecular weight is 649 g/mol. The van der Waals surface area contributed by atoms with Crippen LogP contribution in [0.1, 0.15) is 27.0 Å². The molecular weight excluding hydrogens is 612 g/mol. The number of hydrazine groups is 1. The zero-order valence-electron chi connectivity index (χ0n) is 26.2. The van der Waals surface area contributed by atoms with Gasteiger partial charge in [0.15, 0.2) is 5.82 Å². The molecule has 13 heteroatoms. The highest BCUT2D eigenvalue weighted by molar-refractivity contribution is 6.03. The molecule has 0 spiro atoms. The molecule has 4 N–H and O–H groups in total. The first-order valence-corrected chi connectivity index (χ1v) is 15.6. The highest BCUT2D eigenvalue weighted by Gasteiger charge is 2.51. The number of anilines is 1.